The Bertz CT molecular complexity index is 1060. The maximum atomic E-state index is 13.2. The molecule has 2 aromatic rings. The van der Waals surface area contributed by atoms with Crippen LogP contribution in [0.3, 0.4) is 0 Å². The monoisotopic (exact) mass is 518 g/mol. The highest BCUT2D eigenvalue weighted by Gasteiger charge is 2.33. The number of amides is 3. The van der Waals surface area contributed by atoms with Gasteiger partial charge in [-0.1, -0.05) is 26.0 Å². The molecule has 9 N–H and O–H groups in total. The van der Waals surface area contributed by atoms with Gasteiger partial charge in [-0.3, -0.25) is 14.4 Å². The van der Waals surface area contributed by atoms with Gasteiger partial charge in [0.05, 0.1) is 18.5 Å². The lowest BCUT2D eigenvalue weighted by Crippen LogP contribution is -2.60. The first-order valence-corrected chi connectivity index (χ1v) is 11.7. The van der Waals surface area contributed by atoms with Crippen molar-refractivity contribution in [3.05, 3.63) is 48.0 Å². The first-order valence-electron chi connectivity index (χ1n) is 11.7. The summed E-state index contributed by atoms with van der Waals surface area (Å²) >= 11 is 0. The Labute approximate surface area is 213 Å². The number of hydrogen-bond acceptors (Lipinski definition) is 8. The van der Waals surface area contributed by atoms with Crippen molar-refractivity contribution in [2.24, 2.45) is 11.7 Å². The molecule has 0 saturated carbocycles. The van der Waals surface area contributed by atoms with Crippen LogP contribution in [-0.4, -0.2) is 79.2 Å². The van der Waals surface area contributed by atoms with Crippen molar-refractivity contribution in [2.75, 3.05) is 0 Å². The van der Waals surface area contributed by atoms with Crippen LogP contribution >= 0.6 is 0 Å². The molecule has 2 rings (SSSR count). The lowest BCUT2D eigenvalue weighted by Gasteiger charge is -2.27. The smallest absolute Gasteiger partial charge is 0.326 e. The highest BCUT2D eigenvalue weighted by molar-refractivity contribution is 5.94. The third kappa shape index (κ3) is 8.88. The van der Waals surface area contributed by atoms with E-state index >= 15 is 0 Å². The van der Waals surface area contributed by atoms with E-state index in [0.29, 0.717) is 11.3 Å². The number of nitrogens with two attached hydrogens (primary N) is 1. The summed E-state index contributed by atoms with van der Waals surface area (Å²) in [5, 5.41) is 36.6. The van der Waals surface area contributed by atoms with Crippen molar-refractivity contribution in [1.29, 1.82) is 0 Å². The number of aliphatic hydroxyl groups excluding tert-OH is 1. The highest BCUT2D eigenvalue weighted by atomic mass is 16.4. The van der Waals surface area contributed by atoms with Crippen molar-refractivity contribution in [1.82, 2.24) is 25.9 Å². The average molecular weight is 519 g/mol. The molecule has 0 fully saturated rings. The molecule has 1 aromatic carbocycles. The summed E-state index contributed by atoms with van der Waals surface area (Å²) in [5.41, 5.74) is 6.87. The lowest BCUT2D eigenvalue weighted by atomic mass is 10.0. The maximum absolute atomic E-state index is 13.2. The third-order valence-corrected chi connectivity index (χ3v) is 5.69. The fourth-order valence-electron chi connectivity index (χ4n) is 3.38. The Hall–Kier alpha value is -3.97. The third-order valence-electron chi connectivity index (χ3n) is 5.69. The number of benzene rings is 1. The summed E-state index contributed by atoms with van der Waals surface area (Å²) < 4.78 is 0. The molecule has 37 heavy (non-hydrogen) atoms. The zero-order valence-corrected chi connectivity index (χ0v) is 20.8. The number of phenols is 1. The van der Waals surface area contributed by atoms with Crippen LogP contribution in [0.15, 0.2) is 36.8 Å². The number of aliphatic hydroxyl groups is 1. The minimum atomic E-state index is -1.42. The van der Waals surface area contributed by atoms with Gasteiger partial charge in [-0.25, -0.2) is 9.78 Å². The van der Waals surface area contributed by atoms with E-state index in [1.54, 1.807) is 13.8 Å². The molecule has 0 bridgehead atoms. The van der Waals surface area contributed by atoms with Gasteiger partial charge in [0.1, 0.15) is 23.9 Å². The maximum Gasteiger partial charge on any atom is 0.326 e. The van der Waals surface area contributed by atoms with Crippen LogP contribution in [0.2, 0.25) is 0 Å². The quantitative estimate of drug-likeness (QED) is 0.159. The van der Waals surface area contributed by atoms with Gasteiger partial charge in [0.15, 0.2) is 0 Å². The van der Waals surface area contributed by atoms with Gasteiger partial charge in [-0.15, -0.1) is 0 Å². The molecule has 5 unspecified atom stereocenters. The average Bonchev–Trinajstić information content (AvgIpc) is 3.35. The van der Waals surface area contributed by atoms with E-state index in [-0.39, 0.29) is 24.5 Å². The first kappa shape index (κ1) is 29.3. The second-order valence-corrected chi connectivity index (χ2v) is 9.11. The molecule has 0 spiro atoms. The number of nitrogens with one attached hydrogen (secondary N) is 4. The van der Waals surface area contributed by atoms with E-state index in [4.69, 9.17) is 5.73 Å². The van der Waals surface area contributed by atoms with E-state index in [2.05, 4.69) is 25.9 Å². The van der Waals surface area contributed by atoms with Crippen LogP contribution in [0, 0.1) is 5.92 Å². The van der Waals surface area contributed by atoms with Crippen molar-refractivity contribution in [3.63, 3.8) is 0 Å². The van der Waals surface area contributed by atoms with Crippen LogP contribution in [0.4, 0.5) is 0 Å². The number of hydrogen-bond donors (Lipinski definition) is 8. The van der Waals surface area contributed by atoms with Gasteiger partial charge in [0, 0.05) is 24.7 Å². The van der Waals surface area contributed by atoms with Crippen molar-refractivity contribution in [3.8, 4) is 5.75 Å². The lowest BCUT2D eigenvalue weighted by molar-refractivity contribution is -0.142. The second-order valence-electron chi connectivity index (χ2n) is 9.11. The Morgan fingerprint density at radius 2 is 1.57 bits per heavy atom. The van der Waals surface area contributed by atoms with Crippen molar-refractivity contribution in [2.45, 2.75) is 63.9 Å². The van der Waals surface area contributed by atoms with Gasteiger partial charge in [-0.05, 0) is 30.5 Å². The minimum Gasteiger partial charge on any atom is -0.508 e. The second kappa shape index (κ2) is 13.4. The number of phenolic OH excluding ortho intramolecular Hbond substituents is 1. The summed E-state index contributed by atoms with van der Waals surface area (Å²) in [6, 6.07) is 0.915. The Morgan fingerprint density at radius 1 is 0.946 bits per heavy atom. The fourth-order valence-corrected chi connectivity index (χ4v) is 3.38. The number of imidazole rings is 1. The predicted octanol–water partition coefficient (Wildman–Crippen LogP) is -1.20. The molecule has 1 aromatic heterocycles. The van der Waals surface area contributed by atoms with Gasteiger partial charge in [0.2, 0.25) is 17.7 Å². The normalized spacial score (nSPS) is 15.2. The fraction of sp³-hybridized carbons (Fsp3) is 0.458. The summed E-state index contributed by atoms with van der Waals surface area (Å²) in [6.07, 6.45) is 1.32. The number of aliphatic carboxylic acids is 1. The van der Waals surface area contributed by atoms with Crippen LogP contribution in [0.25, 0.3) is 0 Å². The molecule has 0 radical (unpaired) electrons. The number of carbonyl (C=O) groups is 4. The summed E-state index contributed by atoms with van der Waals surface area (Å²) in [7, 11) is 0. The molecule has 0 aliphatic carbocycles. The number of aromatic hydroxyl groups is 1. The molecule has 202 valence electrons. The summed E-state index contributed by atoms with van der Waals surface area (Å²) in [6.45, 7) is 4.75. The zero-order chi connectivity index (χ0) is 27.7. The van der Waals surface area contributed by atoms with E-state index < -0.39 is 54.0 Å². The Morgan fingerprint density at radius 3 is 2.08 bits per heavy atom. The van der Waals surface area contributed by atoms with Crippen molar-refractivity contribution < 1.29 is 34.5 Å². The van der Waals surface area contributed by atoms with E-state index in [1.807, 2.05) is 0 Å². The summed E-state index contributed by atoms with van der Waals surface area (Å²) in [5.74, 6) is -3.84. The number of nitrogens with zero attached hydrogens (tertiary/aromatic N) is 1. The molecule has 13 nitrogen and oxygen atoms in total. The van der Waals surface area contributed by atoms with E-state index in [9.17, 15) is 34.5 Å². The summed E-state index contributed by atoms with van der Waals surface area (Å²) in [4.78, 5) is 57.0. The van der Waals surface area contributed by atoms with Crippen LogP contribution in [0.1, 0.15) is 32.0 Å². The van der Waals surface area contributed by atoms with Crippen LogP contribution < -0.4 is 21.7 Å². The van der Waals surface area contributed by atoms with Crippen LogP contribution in [0.5, 0.6) is 5.75 Å². The molecule has 5 atom stereocenters. The Kier molecular flexibility index (Phi) is 10.6. The predicted molar refractivity (Wildman–Crippen MR) is 132 cm³/mol. The van der Waals surface area contributed by atoms with Gasteiger partial charge in [-0.2, -0.15) is 0 Å². The molecule has 0 aliphatic heterocycles. The van der Waals surface area contributed by atoms with E-state index in [0.717, 1.165) is 0 Å². The highest BCUT2D eigenvalue weighted by Crippen LogP contribution is 2.12. The van der Waals surface area contributed by atoms with Gasteiger partial charge >= 0.3 is 5.97 Å². The van der Waals surface area contributed by atoms with E-state index in [1.165, 1.54) is 43.7 Å². The van der Waals surface area contributed by atoms with Crippen molar-refractivity contribution >= 4 is 23.7 Å². The largest absolute Gasteiger partial charge is 0.508 e. The molecule has 0 aliphatic rings. The molecule has 1 heterocycles. The van der Waals surface area contributed by atoms with Gasteiger partial charge < -0.3 is 42.0 Å². The standard InChI is InChI=1S/C24H34N6O7/c1-12(2)19(25)22(34)30-20(13(3)31)23(35)28-17(8-14-4-6-16(32)7-5-14)21(33)29-18(24(36)37)9-15-10-26-11-27-15/h4-7,10-13,17-20,31-32H,8-9,25H2,1-3H3,(H,26,27)(H,28,35)(H,29,33)(H,30,34)(H,36,37). The number of carbonyl (C=O) groups excluding carboxylic acids is 3. The zero-order valence-electron chi connectivity index (χ0n) is 20.8. The number of aromatic nitrogens is 2. The molecular formula is C24H34N6O7. The SMILES string of the molecule is CC(C)C(N)C(=O)NC(C(=O)NC(Cc1ccc(O)cc1)C(=O)NC(Cc1cnc[nH]1)C(=O)O)C(C)O. The molecule has 13 heteroatoms. The molecule has 0 saturated heterocycles. The number of aromatic amines is 1. The molecular weight excluding hydrogens is 484 g/mol. The number of H-pyrrole nitrogens is 1. The number of carboxylic acids is 1. The Balaban J connectivity index is 2.25. The topological polar surface area (TPSA) is 220 Å². The molecule has 3 amide bonds. The minimum absolute atomic E-state index is 0.00217. The van der Waals surface area contributed by atoms with Gasteiger partial charge in [0.25, 0.3) is 0 Å². The number of carboxylic acid groups (broad SMARTS) is 1. The number of rotatable bonds is 13. The first-order chi connectivity index (χ1) is 17.4. The van der Waals surface area contributed by atoms with Crippen LogP contribution in [-0.2, 0) is 32.0 Å².